The van der Waals surface area contributed by atoms with Crippen LogP contribution in [0.25, 0.3) is 0 Å². The Bertz CT molecular complexity index is 834. The van der Waals surface area contributed by atoms with Crippen molar-refractivity contribution in [2.24, 2.45) is 0 Å². The summed E-state index contributed by atoms with van der Waals surface area (Å²) in [6.07, 6.45) is -3.51. The molecule has 0 bridgehead atoms. The van der Waals surface area contributed by atoms with Crippen LogP contribution >= 0.6 is 0 Å². The quantitative estimate of drug-likeness (QED) is 0.807. The summed E-state index contributed by atoms with van der Waals surface area (Å²) in [6, 6.07) is 10.6. The zero-order valence-electron chi connectivity index (χ0n) is 15.8. The molecule has 28 heavy (non-hydrogen) atoms. The lowest BCUT2D eigenvalue weighted by atomic mass is 10.1. The van der Waals surface area contributed by atoms with Crippen molar-refractivity contribution in [1.29, 1.82) is 0 Å². The highest BCUT2D eigenvalue weighted by atomic mass is 19.4. The first-order chi connectivity index (χ1) is 13.2. The van der Waals surface area contributed by atoms with Crippen molar-refractivity contribution in [3.63, 3.8) is 0 Å². The van der Waals surface area contributed by atoms with Crippen molar-refractivity contribution in [2.45, 2.75) is 26.1 Å². The fraction of sp³-hybridized carbons (Fsp3) is 0.381. The third kappa shape index (κ3) is 4.84. The number of anilines is 1. The highest BCUT2D eigenvalue weighted by molar-refractivity contribution is 5.96. The smallest absolute Gasteiger partial charge is 0.399 e. The van der Waals surface area contributed by atoms with Gasteiger partial charge >= 0.3 is 6.18 Å². The largest absolute Gasteiger partial charge is 0.416 e. The fourth-order valence-corrected chi connectivity index (χ4v) is 3.43. The minimum Gasteiger partial charge on any atom is -0.399 e. The molecule has 4 nitrogen and oxygen atoms in total. The number of hydrogen-bond donors (Lipinski definition) is 1. The van der Waals surface area contributed by atoms with Gasteiger partial charge in [-0.05, 0) is 48.7 Å². The second-order valence-electron chi connectivity index (χ2n) is 7.19. The van der Waals surface area contributed by atoms with Crippen LogP contribution in [-0.2, 0) is 12.7 Å². The van der Waals surface area contributed by atoms with Crippen LogP contribution in [0.4, 0.5) is 18.9 Å². The molecule has 1 heterocycles. The van der Waals surface area contributed by atoms with Gasteiger partial charge in [-0.25, -0.2) is 0 Å². The SMILES string of the molecule is Cc1ccc(N)cc1C(=O)N1CCCN(Cc2ccc(C(F)(F)F)cc2)CC1. The van der Waals surface area contributed by atoms with E-state index in [0.717, 1.165) is 36.2 Å². The normalized spacial score (nSPS) is 16.1. The first-order valence-electron chi connectivity index (χ1n) is 9.28. The summed E-state index contributed by atoms with van der Waals surface area (Å²) in [7, 11) is 0. The molecule has 150 valence electrons. The molecule has 2 aromatic carbocycles. The summed E-state index contributed by atoms with van der Waals surface area (Å²) in [5.74, 6) is -0.0267. The number of nitrogen functional groups attached to an aromatic ring is 1. The lowest BCUT2D eigenvalue weighted by Crippen LogP contribution is -2.35. The van der Waals surface area contributed by atoms with Crippen molar-refractivity contribution < 1.29 is 18.0 Å². The highest BCUT2D eigenvalue weighted by Gasteiger charge is 2.30. The first-order valence-corrected chi connectivity index (χ1v) is 9.28. The Balaban J connectivity index is 1.62. The number of carbonyl (C=O) groups is 1. The van der Waals surface area contributed by atoms with Gasteiger partial charge < -0.3 is 10.6 Å². The topological polar surface area (TPSA) is 49.6 Å². The fourth-order valence-electron chi connectivity index (χ4n) is 3.43. The van der Waals surface area contributed by atoms with E-state index in [-0.39, 0.29) is 5.91 Å². The van der Waals surface area contributed by atoms with Crippen LogP contribution in [-0.4, -0.2) is 41.9 Å². The molecule has 0 radical (unpaired) electrons. The van der Waals surface area contributed by atoms with Crippen molar-refractivity contribution in [3.05, 3.63) is 64.7 Å². The molecule has 2 aromatic rings. The van der Waals surface area contributed by atoms with Crippen molar-refractivity contribution >= 4 is 11.6 Å². The number of benzene rings is 2. The van der Waals surface area contributed by atoms with E-state index >= 15 is 0 Å². The van der Waals surface area contributed by atoms with E-state index in [4.69, 9.17) is 5.73 Å². The van der Waals surface area contributed by atoms with Gasteiger partial charge in [0.05, 0.1) is 5.56 Å². The number of hydrogen-bond acceptors (Lipinski definition) is 3. The van der Waals surface area contributed by atoms with E-state index in [0.29, 0.717) is 37.4 Å². The van der Waals surface area contributed by atoms with E-state index in [2.05, 4.69) is 4.90 Å². The summed E-state index contributed by atoms with van der Waals surface area (Å²) in [5, 5.41) is 0. The number of halogens is 3. The molecule has 0 aromatic heterocycles. The van der Waals surface area contributed by atoms with E-state index in [1.807, 2.05) is 17.9 Å². The molecule has 2 N–H and O–H groups in total. The van der Waals surface area contributed by atoms with Crippen LogP contribution < -0.4 is 5.73 Å². The second kappa shape index (κ2) is 8.22. The van der Waals surface area contributed by atoms with Crippen LogP contribution in [0.1, 0.15) is 33.5 Å². The van der Waals surface area contributed by atoms with Crippen molar-refractivity contribution in [1.82, 2.24) is 9.80 Å². The first kappa shape index (κ1) is 20.2. The summed E-state index contributed by atoms with van der Waals surface area (Å²) >= 11 is 0. The molecule has 0 aliphatic carbocycles. The average Bonchev–Trinajstić information content (AvgIpc) is 2.88. The molecule has 0 atom stereocenters. The van der Waals surface area contributed by atoms with Crippen LogP contribution in [0.5, 0.6) is 0 Å². The molecule has 0 spiro atoms. The molecular formula is C21H24F3N3O. The predicted octanol–water partition coefficient (Wildman–Crippen LogP) is 3.94. The van der Waals surface area contributed by atoms with Gasteiger partial charge in [0.15, 0.2) is 0 Å². The number of rotatable bonds is 3. The van der Waals surface area contributed by atoms with Gasteiger partial charge in [-0.3, -0.25) is 9.69 Å². The van der Waals surface area contributed by atoms with Gasteiger partial charge in [-0.1, -0.05) is 18.2 Å². The molecule has 0 unspecified atom stereocenters. The highest BCUT2D eigenvalue weighted by Crippen LogP contribution is 2.29. The number of nitrogens with two attached hydrogens (primary N) is 1. The third-order valence-electron chi connectivity index (χ3n) is 5.06. The maximum Gasteiger partial charge on any atom is 0.416 e. The molecular weight excluding hydrogens is 367 g/mol. The Morgan fingerprint density at radius 3 is 2.43 bits per heavy atom. The summed E-state index contributed by atoms with van der Waals surface area (Å²) in [5.41, 5.74) is 8.09. The summed E-state index contributed by atoms with van der Waals surface area (Å²) < 4.78 is 38.1. The number of alkyl halides is 3. The maximum absolute atomic E-state index is 12.9. The van der Waals surface area contributed by atoms with Gasteiger partial charge in [0.2, 0.25) is 0 Å². The van der Waals surface area contributed by atoms with Crippen LogP contribution in [0.15, 0.2) is 42.5 Å². The van der Waals surface area contributed by atoms with Crippen LogP contribution in [0, 0.1) is 6.92 Å². The second-order valence-corrected chi connectivity index (χ2v) is 7.19. The third-order valence-corrected chi connectivity index (χ3v) is 5.06. The Morgan fingerprint density at radius 1 is 1.04 bits per heavy atom. The Kier molecular flexibility index (Phi) is 5.93. The van der Waals surface area contributed by atoms with Gasteiger partial charge in [-0.15, -0.1) is 0 Å². The van der Waals surface area contributed by atoms with Crippen LogP contribution in [0.3, 0.4) is 0 Å². The molecule has 1 amide bonds. The standard InChI is InChI=1S/C21H24F3N3O/c1-15-3-8-18(25)13-19(15)20(28)27-10-2-9-26(11-12-27)14-16-4-6-17(7-5-16)21(22,23)24/h3-8,13H,2,9-12,14,25H2,1H3. The lowest BCUT2D eigenvalue weighted by molar-refractivity contribution is -0.137. The number of nitrogens with zero attached hydrogens (tertiary/aromatic N) is 2. The van der Waals surface area contributed by atoms with Gasteiger partial charge in [-0.2, -0.15) is 13.2 Å². The molecule has 3 rings (SSSR count). The van der Waals surface area contributed by atoms with E-state index in [9.17, 15) is 18.0 Å². The summed E-state index contributed by atoms with van der Waals surface area (Å²) in [6.45, 7) is 5.15. The number of amides is 1. The molecule has 7 heteroatoms. The van der Waals surface area contributed by atoms with Gasteiger partial charge in [0.25, 0.3) is 5.91 Å². The Morgan fingerprint density at radius 2 is 1.75 bits per heavy atom. The van der Waals surface area contributed by atoms with E-state index < -0.39 is 11.7 Å². The Hall–Kier alpha value is -2.54. The minimum atomic E-state index is -4.32. The van der Waals surface area contributed by atoms with Gasteiger partial charge in [0, 0.05) is 44.0 Å². The molecule has 1 aliphatic rings. The van der Waals surface area contributed by atoms with E-state index in [1.165, 1.54) is 12.1 Å². The molecule has 1 aliphatic heterocycles. The van der Waals surface area contributed by atoms with Gasteiger partial charge in [0.1, 0.15) is 0 Å². The minimum absolute atomic E-state index is 0.0267. The Labute approximate surface area is 162 Å². The van der Waals surface area contributed by atoms with Crippen molar-refractivity contribution in [2.75, 3.05) is 31.9 Å². The molecule has 0 saturated carbocycles. The monoisotopic (exact) mass is 391 g/mol. The predicted molar refractivity (Wildman–Crippen MR) is 103 cm³/mol. The zero-order chi connectivity index (χ0) is 20.3. The summed E-state index contributed by atoms with van der Waals surface area (Å²) in [4.78, 5) is 16.9. The van der Waals surface area contributed by atoms with Crippen LogP contribution in [0.2, 0.25) is 0 Å². The van der Waals surface area contributed by atoms with E-state index in [1.54, 1.807) is 12.1 Å². The molecule has 1 saturated heterocycles. The van der Waals surface area contributed by atoms with Crippen molar-refractivity contribution in [3.8, 4) is 0 Å². The lowest BCUT2D eigenvalue weighted by Gasteiger charge is -2.23. The number of carbonyl (C=O) groups excluding carboxylic acids is 1. The maximum atomic E-state index is 12.9. The number of aryl methyl sites for hydroxylation is 1. The molecule has 1 fully saturated rings. The average molecular weight is 391 g/mol. The zero-order valence-corrected chi connectivity index (χ0v) is 15.8.